The van der Waals surface area contributed by atoms with E-state index in [1.807, 2.05) is 0 Å². The Kier molecular flexibility index (Phi) is 3.10. The molecule has 0 aliphatic heterocycles. The Morgan fingerprint density at radius 2 is 2.24 bits per heavy atom. The van der Waals surface area contributed by atoms with Crippen LogP contribution in [0.25, 0.3) is 0 Å². The topological polar surface area (TPSA) is 53.1 Å². The average Bonchev–Trinajstić information content (AvgIpc) is 2.63. The third-order valence-electron chi connectivity index (χ3n) is 2.38. The largest absolute Gasteiger partial charge is 0.454 e. The van der Waals surface area contributed by atoms with E-state index >= 15 is 0 Å². The fourth-order valence-corrected chi connectivity index (χ4v) is 1.63. The molecular weight excluding hydrogens is 221 g/mol. The maximum Gasteiger partial charge on any atom is 0.165 e. The van der Waals surface area contributed by atoms with Crippen LogP contribution in [0, 0.1) is 5.82 Å². The molecule has 0 saturated carbocycles. The first-order valence-corrected chi connectivity index (χ1v) is 5.28. The summed E-state index contributed by atoms with van der Waals surface area (Å²) >= 11 is 0. The monoisotopic (exact) mass is 235 g/mol. The molecular formula is C12H14FN3O. The summed E-state index contributed by atoms with van der Waals surface area (Å²) in [7, 11) is 1.78. The molecule has 0 unspecified atom stereocenters. The zero-order chi connectivity index (χ0) is 12.4. The number of aromatic nitrogens is 2. The molecule has 5 heteroatoms. The van der Waals surface area contributed by atoms with Crippen molar-refractivity contribution < 1.29 is 9.13 Å². The van der Waals surface area contributed by atoms with Crippen LogP contribution in [0.4, 0.5) is 4.39 Å². The zero-order valence-corrected chi connectivity index (χ0v) is 9.72. The summed E-state index contributed by atoms with van der Waals surface area (Å²) in [6, 6.07) is 4.22. The third-order valence-corrected chi connectivity index (χ3v) is 2.38. The Morgan fingerprint density at radius 1 is 1.47 bits per heavy atom. The lowest BCUT2D eigenvalue weighted by Crippen LogP contribution is -2.09. The van der Waals surface area contributed by atoms with Gasteiger partial charge in [-0.3, -0.25) is 4.68 Å². The molecule has 0 aliphatic carbocycles. The van der Waals surface area contributed by atoms with Crippen LogP contribution in [0.2, 0.25) is 0 Å². The molecule has 0 radical (unpaired) electrons. The molecule has 0 spiro atoms. The van der Waals surface area contributed by atoms with E-state index in [9.17, 15) is 4.39 Å². The van der Waals surface area contributed by atoms with Gasteiger partial charge in [0, 0.05) is 18.7 Å². The first-order chi connectivity index (χ1) is 8.08. The van der Waals surface area contributed by atoms with Gasteiger partial charge in [0.1, 0.15) is 11.6 Å². The zero-order valence-electron chi connectivity index (χ0n) is 9.72. The van der Waals surface area contributed by atoms with Crippen LogP contribution in [0.15, 0.2) is 30.6 Å². The van der Waals surface area contributed by atoms with Gasteiger partial charge in [0.25, 0.3) is 0 Å². The van der Waals surface area contributed by atoms with Crippen LogP contribution < -0.4 is 10.5 Å². The van der Waals surface area contributed by atoms with E-state index in [2.05, 4.69) is 5.10 Å². The van der Waals surface area contributed by atoms with Gasteiger partial charge in [0.2, 0.25) is 0 Å². The maximum atomic E-state index is 13.6. The van der Waals surface area contributed by atoms with Crippen LogP contribution in [0.3, 0.4) is 0 Å². The normalized spacial score (nSPS) is 12.5. The summed E-state index contributed by atoms with van der Waals surface area (Å²) in [4.78, 5) is 0. The van der Waals surface area contributed by atoms with E-state index in [1.165, 1.54) is 6.07 Å². The molecule has 1 aromatic heterocycles. The highest BCUT2D eigenvalue weighted by atomic mass is 19.1. The number of nitrogens with zero attached hydrogens (tertiary/aromatic N) is 2. The second-order valence-electron chi connectivity index (χ2n) is 3.89. The second-order valence-corrected chi connectivity index (χ2v) is 3.89. The molecule has 1 atom stereocenters. The Labute approximate surface area is 98.8 Å². The minimum Gasteiger partial charge on any atom is -0.454 e. The van der Waals surface area contributed by atoms with E-state index < -0.39 is 6.04 Å². The van der Waals surface area contributed by atoms with E-state index in [0.29, 0.717) is 17.1 Å². The van der Waals surface area contributed by atoms with Crippen molar-refractivity contribution in [1.29, 1.82) is 0 Å². The highest BCUT2D eigenvalue weighted by Gasteiger charge is 2.14. The van der Waals surface area contributed by atoms with Crippen molar-refractivity contribution in [2.45, 2.75) is 13.0 Å². The maximum absolute atomic E-state index is 13.6. The lowest BCUT2D eigenvalue weighted by atomic mass is 10.1. The number of hydrogen-bond donors (Lipinski definition) is 1. The summed E-state index contributed by atoms with van der Waals surface area (Å²) < 4.78 is 20.8. The Bertz CT molecular complexity index is 522. The first-order valence-electron chi connectivity index (χ1n) is 5.28. The van der Waals surface area contributed by atoms with Gasteiger partial charge in [-0.05, 0) is 19.1 Å². The van der Waals surface area contributed by atoms with Crippen molar-refractivity contribution in [2.24, 2.45) is 12.8 Å². The van der Waals surface area contributed by atoms with Gasteiger partial charge < -0.3 is 10.5 Å². The van der Waals surface area contributed by atoms with Gasteiger partial charge in [-0.1, -0.05) is 6.07 Å². The molecule has 2 N–H and O–H groups in total. The number of ether oxygens (including phenoxy) is 1. The number of nitrogens with two attached hydrogens (primary N) is 1. The molecule has 0 saturated heterocycles. The van der Waals surface area contributed by atoms with Gasteiger partial charge in [-0.2, -0.15) is 5.10 Å². The summed E-state index contributed by atoms with van der Waals surface area (Å²) in [6.07, 6.45) is 3.27. The smallest absolute Gasteiger partial charge is 0.165 e. The summed E-state index contributed by atoms with van der Waals surface area (Å²) in [5, 5.41) is 3.98. The summed E-state index contributed by atoms with van der Waals surface area (Å²) in [6.45, 7) is 1.72. The third kappa shape index (κ3) is 2.45. The van der Waals surface area contributed by atoms with Crippen molar-refractivity contribution in [3.63, 3.8) is 0 Å². The number of benzene rings is 1. The van der Waals surface area contributed by atoms with Crippen molar-refractivity contribution in [1.82, 2.24) is 9.78 Å². The Balaban J connectivity index is 2.35. The molecule has 2 rings (SSSR count). The fourth-order valence-electron chi connectivity index (χ4n) is 1.63. The van der Waals surface area contributed by atoms with E-state index in [-0.39, 0.29) is 5.82 Å². The number of hydrogen-bond acceptors (Lipinski definition) is 3. The van der Waals surface area contributed by atoms with Gasteiger partial charge in [-0.25, -0.2) is 4.39 Å². The predicted octanol–water partition coefficient (Wildman–Crippen LogP) is 2.37. The van der Waals surface area contributed by atoms with Gasteiger partial charge in [0.05, 0.1) is 12.4 Å². The first kappa shape index (κ1) is 11.6. The molecule has 17 heavy (non-hydrogen) atoms. The van der Waals surface area contributed by atoms with E-state index in [0.717, 1.165) is 0 Å². The number of aryl methyl sites for hydroxylation is 1. The highest BCUT2D eigenvalue weighted by Crippen LogP contribution is 2.30. The summed E-state index contributed by atoms with van der Waals surface area (Å²) in [5.41, 5.74) is 6.11. The molecule has 1 heterocycles. The van der Waals surface area contributed by atoms with Crippen LogP contribution in [-0.2, 0) is 7.05 Å². The number of rotatable bonds is 3. The van der Waals surface area contributed by atoms with Crippen molar-refractivity contribution >= 4 is 0 Å². The molecule has 2 aromatic rings. The van der Waals surface area contributed by atoms with E-state index in [1.54, 1.807) is 43.2 Å². The number of halogens is 1. The quantitative estimate of drug-likeness (QED) is 0.888. The fraction of sp³-hybridized carbons (Fsp3) is 0.250. The molecule has 90 valence electrons. The van der Waals surface area contributed by atoms with Crippen LogP contribution in [-0.4, -0.2) is 9.78 Å². The predicted molar refractivity (Wildman–Crippen MR) is 62.3 cm³/mol. The van der Waals surface area contributed by atoms with Crippen LogP contribution in [0.1, 0.15) is 18.5 Å². The van der Waals surface area contributed by atoms with Crippen molar-refractivity contribution in [3.05, 3.63) is 42.0 Å². The second kappa shape index (κ2) is 4.55. The highest BCUT2D eigenvalue weighted by molar-refractivity contribution is 5.39. The van der Waals surface area contributed by atoms with Crippen LogP contribution in [0.5, 0.6) is 11.5 Å². The molecule has 0 fully saturated rings. The average molecular weight is 235 g/mol. The Hall–Kier alpha value is -1.88. The molecule has 0 bridgehead atoms. The van der Waals surface area contributed by atoms with E-state index in [4.69, 9.17) is 10.5 Å². The van der Waals surface area contributed by atoms with Crippen molar-refractivity contribution in [3.8, 4) is 11.5 Å². The molecule has 0 aliphatic rings. The van der Waals surface area contributed by atoms with Gasteiger partial charge in [0.15, 0.2) is 5.75 Å². The SMILES string of the molecule is C[C@H](N)c1c(F)cccc1Oc1cnn(C)c1. The minimum absolute atomic E-state index is 0.360. The molecule has 0 amide bonds. The van der Waals surface area contributed by atoms with Gasteiger partial charge in [-0.15, -0.1) is 0 Å². The minimum atomic E-state index is -0.428. The summed E-state index contributed by atoms with van der Waals surface area (Å²) in [5.74, 6) is 0.620. The standard InChI is InChI=1S/C12H14FN3O/c1-8(14)12-10(13)4-3-5-11(12)17-9-6-15-16(2)7-9/h3-8H,14H2,1-2H3/t8-/m0/s1. The van der Waals surface area contributed by atoms with Crippen LogP contribution >= 0.6 is 0 Å². The van der Waals surface area contributed by atoms with Crippen molar-refractivity contribution in [2.75, 3.05) is 0 Å². The lowest BCUT2D eigenvalue weighted by Gasteiger charge is -2.13. The molecule has 1 aromatic carbocycles. The lowest BCUT2D eigenvalue weighted by molar-refractivity contribution is 0.460. The Morgan fingerprint density at radius 3 is 2.82 bits per heavy atom. The molecule has 4 nitrogen and oxygen atoms in total. The van der Waals surface area contributed by atoms with Gasteiger partial charge >= 0.3 is 0 Å².